The number of allylic oxidation sites excluding steroid dienone is 1. The van der Waals surface area contributed by atoms with Crippen LogP contribution in [0.5, 0.6) is 0 Å². The van der Waals surface area contributed by atoms with Crippen molar-refractivity contribution in [2.24, 2.45) is 0 Å². The molecule has 0 radical (unpaired) electrons. The van der Waals surface area contributed by atoms with Crippen LogP contribution in [0.3, 0.4) is 0 Å². The van der Waals surface area contributed by atoms with Crippen molar-refractivity contribution in [3.05, 3.63) is 12.3 Å². The SMILES string of the molecule is C=C(CCC(C)(C)S)NCC. The summed E-state index contributed by atoms with van der Waals surface area (Å²) in [7, 11) is 0. The predicted octanol–water partition coefficient (Wildman–Crippen LogP) is 2.60. The van der Waals surface area contributed by atoms with Gasteiger partial charge in [-0.15, -0.1) is 0 Å². The number of hydrogen-bond acceptors (Lipinski definition) is 2. The number of hydrogen-bond donors (Lipinski definition) is 2. The molecule has 0 saturated heterocycles. The van der Waals surface area contributed by atoms with Gasteiger partial charge in [-0.1, -0.05) is 20.4 Å². The molecule has 1 N–H and O–H groups in total. The van der Waals surface area contributed by atoms with E-state index < -0.39 is 0 Å². The summed E-state index contributed by atoms with van der Waals surface area (Å²) >= 11 is 4.43. The van der Waals surface area contributed by atoms with Crippen molar-refractivity contribution >= 4 is 12.6 Å². The van der Waals surface area contributed by atoms with Crippen molar-refractivity contribution in [1.82, 2.24) is 5.32 Å². The van der Waals surface area contributed by atoms with Gasteiger partial charge in [0.05, 0.1) is 0 Å². The molecule has 11 heavy (non-hydrogen) atoms. The molecule has 0 rings (SSSR count). The van der Waals surface area contributed by atoms with Crippen LogP contribution in [0.25, 0.3) is 0 Å². The molecule has 2 heteroatoms. The maximum absolute atomic E-state index is 4.43. The fourth-order valence-electron chi connectivity index (χ4n) is 0.795. The van der Waals surface area contributed by atoms with Crippen molar-refractivity contribution in [1.29, 1.82) is 0 Å². The lowest BCUT2D eigenvalue weighted by molar-refractivity contribution is 0.620. The zero-order chi connectivity index (χ0) is 8.91. The molecule has 0 aromatic rings. The van der Waals surface area contributed by atoms with Gasteiger partial charge in [0.25, 0.3) is 0 Å². The Balaban J connectivity index is 3.46. The summed E-state index contributed by atoms with van der Waals surface area (Å²) in [5.41, 5.74) is 1.12. The van der Waals surface area contributed by atoms with Crippen LogP contribution in [0.15, 0.2) is 12.3 Å². The lowest BCUT2D eigenvalue weighted by atomic mass is 10.1. The fourth-order valence-corrected chi connectivity index (χ4v) is 0.907. The molecule has 0 amide bonds. The summed E-state index contributed by atoms with van der Waals surface area (Å²) in [4.78, 5) is 0. The van der Waals surface area contributed by atoms with Gasteiger partial charge in [0.15, 0.2) is 0 Å². The predicted molar refractivity (Wildman–Crippen MR) is 55.1 cm³/mol. The lowest BCUT2D eigenvalue weighted by Gasteiger charge is -2.17. The molecule has 0 aliphatic carbocycles. The molecular formula is C9H19NS. The van der Waals surface area contributed by atoms with Crippen LogP contribution in [0, 0.1) is 0 Å². The molecule has 0 spiro atoms. The van der Waals surface area contributed by atoms with E-state index in [0.29, 0.717) is 0 Å². The summed E-state index contributed by atoms with van der Waals surface area (Å²) in [5.74, 6) is 0. The highest BCUT2D eigenvalue weighted by Crippen LogP contribution is 2.20. The van der Waals surface area contributed by atoms with E-state index in [9.17, 15) is 0 Å². The minimum Gasteiger partial charge on any atom is -0.389 e. The molecule has 0 atom stereocenters. The first-order chi connectivity index (χ1) is 4.95. The van der Waals surface area contributed by atoms with E-state index in [4.69, 9.17) is 0 Å². The molecule has 0 fully saturated rings. The summed E-state index contributed by atoms with van der Waals surface area (Å²) in [6, 6.07) is 0. The number of nitrogens with one attached hydrogen (secondary N) is 1. The monoisotopic (exact) mass is 173 g/mol. The van der Waals surface area contributed by atoms with E-state index in [-0.39, 0.29) is 4.75 Å². The van der Waals surface area contributed by atoms with Gasteiger partial charge >= 0.3 is 0 Å². The fraction of sp³-hybridized carbons (Fsp3) is 0.778. The maximum atomic E-state index is 4.43. The van der Waals surface area contributed by atoms with Gasteiger partial charge < -0.3 is 5.32 Å². The molecule has 0 unspecified atom stereocenters. The van der Waals surface area contributed by atoms with Gasteiger partial charge in [-0.2, -0.15) is 12.6 Å². The topological polar surface area (TPSA) is 12.0 Å². The Morgan fingerprint density at radius 3 is 2.45 bits per heavy atom. The summed E-state index contributed by atoms with van der Waals surface area (Å²) in [6.07, 6.45) is 2.09. The van der Waals surface area contributed by atoms with E-state index in [1.54, 1.807) is 0 Å². The van der Waals surface area contributed by atoms with Crippen LogP contribution in [-0.2, 0) is 0 Å². The highest BCUT2D eigenvalue weighted by Gasteiger charge is 2.10. The molecule has 66 valence electrons. The first-order valence-electron chi connectivity index (χ1n) is 4.09. The van der Waals surface area contributed by atoms with Crippen LogP contribution in [-0.4, -0.2) is 11.3 Å². The molecule has 0 saturated carbocycles. The Bertz CT molecular complexity index is 124. The van der Waals surface area contributed by atoms with Crippen LogP contribution in [0.1, 0.15) is 33.6 Å². The zero-order valence-corrected chi connectivity index (χ0v) is 8.67. The largest absolute Gasteiger partial charge is 0.389 e. The third-order valence-corrected chi connectivity index (χ3v) is 1.69. The van der Waals surface area contributed by atoms with Gasteiger partial charge in [-0.3, -0.25) is 0 Å². The Hall–Kier alpha value is -0.110. The summed E-state index contributed by atoms with van der Waals surface area (Å²) in [5, 5.41) is 3.19. The highest BCUT2D eigenvalue weighted by molar-refractivity contribution is 7.81. The standard InChI is InChI=1S/C9H19NS/c1-5-10-8(2)6-7-9(3,4)11/h10-11H,2,5-7H2,1,3-4H3. The molecular weight excluding hydrogens is 154 g/mol. The minimum atomic E-state index is 0.123. The zero-order valence-electron chi connectivity index (χ0n) is 7.78. The minimum absolute atomic E-state index is 0.123. The first-order valence-corrected chi connectivity index (χ1v) is 4.54. The van der Waals surface area contributed by atoms with Crippen LogP contribution >= 0.6 is 12.6 Å². The number of rotatable bonds is 5. The van der Waals surface area contributed by atoms with Crippen LogP contribution < -0.4 is 5.32 Å². The Morgan fingerprint density at radius 1 is 1.55 bits per heavy atom. The van der Waals surface area contributed by atoms with Crippen molar-refractivity contribution in [2.45, 2.75) is 38.4 Å². The Labute approximate surface area is 75.7 Å². The number of thiol groups is 1. The Morgan fingerprint density at radius 2 is 2.09 bits per heavy atom. The second-order valence-electron chi connectivity index (χ2n) is 3.45. The average Bonchev–Trinajstić information content (AvgIpc) is 1.83. The molecule has 0 aliphatic rings. The normalized spacial score (nSPS) is 11.3. The van der Waals surface area contributed by atoms with E-state index in [1.807, 2.05) is 0 Å². The molecule has 0 aromatic carbocycles. The highest BCUT2D eigenvalue weighted by atomic mass is 32.1. The molecule has 0 aromatic heterocycles. The molecule has 0 heterocycles. The van der Waals surface area contributed by atoms with Crippen molar-refractivity contribution in [3.63, 3.8) is 0 Å². The quantitative estimate of drug-likeness (QED) is 0.609. The van der Waals surface area contributed by atoms with Crippen LogP contribution in [0.4, 0.5) is 0 Å². The van der Waals surface area contributed by atoms with Gasteiger partial charge in [-0.25, -0.2) is 0 Å². The lowest BCUT2D eigenvalue weighted by Crippen LogP contribution is -2.15. The summed E-state index contributed by atoms with van der Waals surface area (Å²) < 4.78 is 0.123. The second-order valence-corrected chi connectivity index (χ2v) is 4.66. The van der Waals surface area contributed by atoms with E-state index in [0.717, 1.165) is 25.1 Å². The Kier molecular flexibility index (Phi) is 4.66. The van der Waals surface area contributed by atoms with Crippen molar-refractivity contribution in [3.8, 4) is 0 Å². The average molecular weight is 173 g/mol. The maximum Gasteiger partial charge on any atom is 0.0115 e. The molecule has 0 aliphatic heterocycles. The molecule has 0 bridgehead atoms. The van der Waals surface area contributed by atoms with Crippen LogP contribution in [0.2, 0.25) is 0 Å². The van der Waals surface area contributed by atoms with Gasteiger partial charge in [-0.05, 0) is 19.8 Å². The third kappa shape index (κ3) is 7.79. The van der Waals surface area contributed by atoms with Gasteiger partial charge in [0.2, 0.25) is 0 Å². The third-order valence-electron chi connectivity index (χ3n) is 1.47. The molecule has 1 nitrogen and oxygen atoms in total. The van der Waals surface area contributed by atoms with E-state index >= 15 is 0 Å². The van der Waals surface area contributed by atoms with Gasteiger partial charge in [0, 0.05) is 17.0 Å². The summed E-state index contributed by atoms with van der Waals surface area (Å²) in [6.45, 7) is 11.2. The van der Waals surface area contributed by atoms with E-state index in [1.165, 1.54) is 0 Å². The second kappa shape index (κ2) is 4.70. The van der Waals surface area contributed by atoms with Gasteiger partial charge in [0.1, 0.15) is 0 Å². The first kappa shape index (κ1) is 10.9. The van der Waals surface area contributed by atoms with E-state index in [2.05, 4.69) is 45.3 Å². The smallest absolute Gasteiger partial charge is 0.0115 e. The van der Waals surface area contributed by atoms with Crippen molar-refractivity contribution < 1.29 is 0 Å². The van der Waals surface area contributed by atoms with Crippen molar-refractivity contribution in [2.75, 3.05) is 6.54 Å².